The molecule has 1 aliphatic carbocycles. The molecular formula is C18H28N3O2+. The fraction of sp³-hybridized carbons (Fsp3) is 0.611. The number of hydrogen-bond acceptors (Lipinski definition) is 3. The molecule has 2 N–H and O–H groups in total. The average Bonchev–Trinajstić information content (AvgIpc) is 3.40. The summed E-state index contributed by atoms with van der Waals surface area (Å²) in [6.45, 7) is 6.62. The number of anilines is 1. The van der Waals surface area contributed by atoms with E-state index in [0.717, 1.165) is 43.5 Å². The zero-order chi connectivity index (χ0) is 16.2. The lowest BCUT2D eigenvalue weighted by atomic mass is 10.2. The number of nitrogens with one attached hydrogen (secondary N) is 2. The summed E-state index contributed by atoms with van der Waals surface area (Å²) >= 11 is 0. The average molecular weight is 318 g/mol. The molecule has 2 fully saturated rings. The highest BCUT2D eigenvalue weighted by molar-refractivity contribution is 5.77. The number of amides is 1. The fourth-order valence-electron chi connectivity index (χ4n) is 3.38. The van der Waals surface area contributed by atoms with Crippen LogP contribution >= 0.6 is 0 Å². The lowest BCUT2D eigenvalue weighted by Gasteiger charge is -2.34. The van der Waals surface area contributed by atoms with Gasteiger partial charge < -0.3 is 19.9 Å². The molecule has 1 atom stereocenters. The summed E-state index contributed by atoms with van der Waals surface area (Å²) in [5.74, 6) is 1.84. The lowest BCUT2D eigenvalue weighted by Crippen LogP contribution is -3.16. The molecule has 1 saturated carbocycles. The zero-order valence-corrected chi connectivity index (χ0v) is 14.2. The van der Waals surface area contributed by atoms with Gasteiger partial charge in [-0.25, -0.2) is 0 Å². The summed E-state index contributed by atoms with van der Waals surface area (Å²) in [5.41, 5.74) is 1.15. The van der Waals surface area contributed by atoms with Gasteiger partial charge in [-0.1, -0.05) is 12.1 Å². The molecular weight excluding hydrogens is 290 g/mol. The zero-order valence-electron chi connectivity index (χ0n) is 14.2. The minimum absolute atomic E-state index is 0.199. The third-order valence-corrected chi connectivity index (χ3v) is 5.02. The van der Waals surface area contributed by atoms with Crippen molar-refractivity contribution in [3.05, 3.63) is 24.3 Å². The van der Waals surface area contributed by atoms with E-state index in [0.29, 0.717) is 12.6 Å². The number of carbonyl (C=O) groups excluding carboxylic acids is 1. The minimum atomic E-state index is 0.199. The summed E-state index contributed by atoms with van der Waals surface area (Å²) in [4.78, 5) is 15.9. The molecule has 1 heterocycles. The molecule has 1 aliphatic heterocycles. The number of ether oxygens (including phenoxy) is 1. The van der Waals surface area contributed by atoms with Crippen molar-refractivity contribution in [1.82, 2.24) is 5.32 Å². The van der Waals surface area contributed by atoms with E-state index in [1.165, 1.54) is 17.7 Å². The van der Waals surface area contributed by atoms with Gasteiger partial charge in [0.25, 0.3) is 5.91 Å². The van der Waals surface area contributed by atoms with E-state index in [1.807, 2.05) is 18.2 Å². The van der Waals surface area contributed by atoms with Crippen LogP contribution in [0, 0.1) is 5.92 Å². The maximum absolute atomic E-state index is 12.1. The number of piperazine rings is 1. The molecule has 0 aromatic heterocycles. The third-order valence-electron chi connectivity index (χ3n) is 5.02. The Morgan fingerprint density at radius 2 is 2.04 bits per heavy atom. The monoisotopic (exact) mass is 318 g/mol. The third kappa shape index (κ3) is 4.16. The van der Waals surface area contributed by atoms with Gasteiger partial charge in [-0.3, -0.25) is 4.79 Å². The molecule has 2 aliphatic rings. The first-order valence-corrected chi connectivity index (χ1v) is 8.68. The molecule has 0 bridgehead atoms. The van der Waals surface area contributed by atoms with Gasteiger partial charge in [0.2, 0.25) is 0 Å². The van der Waals surface area contributed by atoms with Crippen molar-refractivity contribution in [1.29, 1.82) is 0 Å². The number of hydrogen-bond donors (Lipinski definition) is 2. The smallest absolute Gasteiger partial charge is 0.275 e. The Morgan fingerprint density at radius 1 is 1.35 bits per heavy atom. The molecule has 5 heteroatoms. The van der Waals surface area contributed by atoms with Gasteiger partial charge in [0.1, 0.15) is 5.75 Å². The topological polar surface area (TPSA) is 46.0 Å². The van der Waals surface area contributed by atoms with Crippen LogP contribution in [0.25, 0.3) is 0 Å². The first kappa shape index (κ1) is 16.1. The Bertz CT molecular complexity index is 537. The molecule has 126 valence electrons. The number of nitrogens with zero attached hydrogens (tertiary/aromatic N) is 1. The van der Waals surface area contributed by atoms with Crippen LogP contribution in [0.4, 0.5) is 5.69 Å². The van der Waals surface area contributed by atoms with Gasteiger partial charge in [0.15, 0.2) is 6.54 Å². The second-order valence-electron chi connectivity index (χ2n) is 6.78. The van der Waals surface area contributed by atoms with Crippen molar-refractivity contribution in [2.24, 2.45) is 5.92 Å². The minimum Gasteiger partial charge on any atom is -0.495 e. The van der Waals surface area contributed by atoms with Crippen LogP contribution in [0.5, 0.6) is 5.75 Å². The highest BCUT2D eigenvalue weighted by Crippen LogP contribution is 2.32. The van der Waals surface area contributed by atoms with Gasteiger partial charge in [-0.15, -0.1) is 0 Å². The van der Waals surface area contributed by atoms with E-state index < -0.39 is 0 Å². The van der Waals surface area contributed by atoms with Gasteiger partial charge in [-0.2, -0.15) is 0 Å². The molecule has 3 rings (SSSR count). The molecule has 0 unspecified atom stereocenters. The number of rotatable bonds is 6. The maximum Gasteiger partial charge on any atom is 0.275 e. The number of para-hydroxylation sites is 2. The Hall–Kier alpha value is -1.75. The number of benzene rings is 1. The first-order chi connectivity index (χ1) is 11.2. The Labute approximate surface area is 138 Å². The highest BCUT2D eigenvalue weighted by Gasteiger charge is 2.30. The Kier molecular flexibility index (Phi) is 5.06. The molecule has 1 amide bonds. The second-order valence-corrected chi connectivity index (χ2v) is 6.78. The highest BCUT2D eigenvalue weighted by atomic mass is 16.5. The van der Waals surface area contributed by atoms with Crippen LogP contribution < -0.4 is 19.9 Å². The maximum atomic E-state index is 12.1. The largest absolute Gasteiger partial charge is 0.495 e. The quantitative estimate of drug-likeness (QED) is 0.794. The van der Waals surface area contributed by atoms with Crippen molar-refractivity contribution >= 4 is 11.6 Å². The summed E-state index contributed by atoms with van der Waals surface area (Å²) in [5, 5.41) is 3.16. The van der Waals surface area contributed by atoms with E-state index in [9.17, 15) is 4.79 Å². The molecule has 1 aromatic carbocycles. The van der Waals surface area contributed by atoms with E-state index in [2.05, 4.69) is 23.2 Å². The Morgan fingerprint density at radius 3 is 2.70 bits per heavy atom. The number of carbonyl (C=O) groups is 1. The summed E-state index contributed by atoms with van der Waals surface area (Å²) in [6.07, 6.45) is 2.54. The fourth-order valence-corrected chi connectivity index (χ4v) is 3.38. The molecule has 1 saturated heterocycles. The molecule has 5 nitrogen and oxygen atoms in total. The van der Waals surface area contributed by atoms with Gasteiger partial charge in [-0.05, 0) is 37.8 Å². The molecule has 0 spiro atoms. The van der Waals surface area contributed by atoms with E-state index >= 15 is 0 Å². The van der Waals surface area contributed by atoms with Crippen LogP contribution in [0.15, 0.2) is 24.3 Å². The van der Waals surface area contributed by atoms with Crippen LogP contribution in [-0.4, -0.2) is 51.8 Å². The van der Waals surface area contributed by atoms with Crippen molar-refractivity contribution in [3.63, 3.8) is 0 Å². The SMILES string of the molecule is COc1ccccc1N1CC[NH+](CC(=O)N[C@H](C)C2CC2)CC1. The van der Waals surface area contributed by atoms with Crippen molar-refractivity contribution in [2.75, 3.05) is 44.7 Å². The van der Waals surface area contributed by atoms with Gasteiger partial charge in [0.05, 0.1) is 39.0 Å². The molecule has 23 heavy (non-hydrogen) atoms. The van der Waals surface area contributed by atoms with Crippen molar-refractivity contribution in [3.8, 4) is 5.75 Å². The predicted octanol–water partition coefficient (Wildman–Crippen LogP) is 0.315. The number of methoxy groups -OCH3 is 1. The second kappa shape index (κ2) is 7.21. The summed E-state index contributed by atoms with van der Waals surface area (Å²) in [7, 11) is 1.71. The van der Waals surface area contributed by atoms with Crippen molar-refractivity contribution in [2.45, 2.75) is 25.8 Å². The Balaban J connectivity index is 1.47. The van der Waals surface area contributed by atoms with Crippen LogP contribution in [0.2, 0.25) is 0 Å². The van der Waals surface area contributed by atoms with Crippen LogP contribution in [-0.2, 0) is 4.79 Å². The van der Waals surface area contributed by atoms with Crippen molar-refractivity contribution < 1.29 is 14.4 Å². The van der Waals surface area contributed by atoms with Crippen LogP contribution in [0.1, 0.15) is 19.8 Å². The lowest BCUT2D eigenvalue weighted by molar-refractivity contribution is -0.892. The normalized spacial score (nSPS) is 20.2. The first-order valence-electron chi connectivity index (χ1n) is 8.68. The number of quaternary nitrogens is 1. The predicted molar refractivity (Wildman–Crippen MR) is 91.1 cm³/mol. The molecule has 1 aromatic rings. The van der Waals surface area contributed by atoms with E-state index in [1.54, 1.807) is 7.11 Å². The van der Waals surface area contributed by atoms with Gasteiger partial charge in [0, 0.05) is 6.04 Å². The standard InChI is InChI=1S/C18H27N3O2/c1-14(15-7-8-15)19-18(22)13-20-9-11-21(12-10-20)16-5-3-4-6-17(16)23-2/h3-6,14-15H,7-13H2,1-2H3,(H,19,22)/p+1/t14-/m1/s1. The molecule has 0 radical (unpaired) electrons. The van der Waals surface area contributed by atoms with E-state index in [4.69, 9.17) is 4.74 Å². The summed E-state index contributed by atoms with van der Waals surface area (Å²) in [6, 6.07) is 8.49. The van der Waals surface area contributed by atoms with Gasteiger partial charge >= 0.3 is 0 Å². The van der Waals surface area contributed by atoms with E-state index in [-0.39, 0.29) is 5.91 Å². The van der Waals surface area contributed by atoms with Crippen LogP contribution in [0.3, 0.4) is 0 Å². The summed E-state index contributed by atoms with van der Waals surface area (Å²) < 4.78 is 5.45.